The van der Waals surface area contributed by atoms with Crippen LogP contribution in [0.25, 0.3) is 0 Å². The number of aliphatic hydroxyl groups excluding tert-OH is 3. The van der Waals surface area contributed by atoms with E-state index in [-0.39, 0.29) is 36.2 Å². The SMILES string of the molecule is COC(=O)CCCCCCC1C(O)CC(O)C1CCC(O)CCc1ccccc1C(F)(F)F. The number of aryl methyl sites for hydroxylation is 1. The zero-order valence-electron chi connectivity index (χ0n) is 19.3. The van der Waals surface area contributed by atoms with Gasteiger partial charge >= 0.3 is 12.1 Å². The zero-order valence-corrected chi connectivity index (χ0v) is 19.3. The van der Waals surface area contributed by atoms with Gasteiger partial charge in [0.2, 0.25) is 0 Å². The van der Waals surface area contributed by atoms with Gasteiger partial charge in [-0.15, -0.1) is 0 Å². The van der Waals surface area contributed by atoms with Gasteiger partial charge in [0.15, 0.2) is 0 Å². The number of ether oxygens (including phenoxy) is 1. The number of carbonyl (C=O) groups excluding carboxylic acids is 1. The lowest BCUT2D eigenvalue weighted by atomic mass is 9.84. The molecule has 1 saturated carbocycles. The molecule has 1 aromatic rings. The van der Waals surface area contributed by atoms with Gasteiger partial charge in [0.25, 0.3) is 0 Å². The van der Waals surface area contributed by atoms with Crippen LogP contribution in [-0.2, 0) is 22.1 Å². The van der Waals surface area contributed by atoms with Gasteiger partial charge in [0.1, 0.15) is 0 Å². The molecule has 8 heteroatoms. The van der Waals surface area contributed by atoms with Crippen molar-refractivity contribution in [2.45, 2.75) is 95.1 Å². The van der Waals surface area contributed by atoms with Crippen LogP contribution in [-0.4, -0.2) is 46.7 Å². The van der Waals surface area contributed by atoms with Crippen molar-refractivity contribution in [1.82, 2.24) is 0 Å². The van der Waals surface area contributed by atoms with Crippen LogP contribution in [0.2, 0.25) is 0 Å². The summed E-state index contributed by atoms with van der Waals surface area (Å²) in [4.78, 5) is 11.1. The smallest absolute Gasteiger partial charge is 0.416 e. The number of alkyl halides is 3. The number of rotatable bonds is 13. The molecule has 188 valence electrons. The van der Waals surface area contributed by atoms with Gasteiger partial charge < -0.3 is 20.1 Å². The third-order valence-corrected chi connectivity index (χ3v) is 6.82. The fraction of sp³-hybridized carbons (Fsp3) is 0.720. The monoisotopic (exact) mass is 474 g/mol. The molecule has 1 fully saturated rings. The van der Waals surface area contributed by atoms with Crippen molar-refractivity contribution >= 4 is 5.97 Å². The number of hydrogen-bond donors (Lipinski definition) is 3. The van der Waals surface area contributed by atoms with E-state index in [2.05, 4.69) is 4.74 Å². The Kier molecular flexibility index (Phi) is 11.1. The summed E-state index contributed by atoms with van der Waals surface area (Å²) < 4.78 is 44.0. The van der Waals surface area contributed by atoms with E-state index in [4.69, 9.17) is 0 Å². The molecular formula is C25H37F3O5. The Hall–Kier alpha value is -1.64. The second kappa shape index (κ2) is 13.3. The molecule has 1 aliphatic carbocycles. The normalized spacial score (nSPS) is 24.1. The van der Waals surface area contributed by atoms with E-state index in [0.29, 0.717) is 25.7 Å². The van der Waals surface area contributed by atoms with Gasteiger partial charge in [-0.3, -0.25) is 4.79 Å². The Morgan fingerprint density at radius 1 is 1.03 bits per heavy atom. The predicted octanol–water partition coefficient (Wildman–Crippen LogP) is 4.65. The standard InChI is InChI=1S/C25H37F3O5/c1-33-24(32)11-5-3-2-4-9-19-20(23(31)16-22(19)30)15-14-18(29)13-12-17-8-6-7-10-21(17)25(26,27)28/h6-8,10,18-20,22-23,29-31H,2-5,9,11-16H2,1H3. The van der Waals surface area contributed by atoms with Crippen molar-refractivity contribution in [3.8, 4) is 0 Å². The largest absolute Gasteiger partial charge is 0.469 e. The van der Waals surface area contributed by atoms with E-state index in [1.807, 2.05) is 0 Å². The molecule has 0 radical (unpaired) electrons. The number of unbranched alkanes of at least 4 members (excludes halogenated alkanes) is 3. The van der Waals surface area contributed by atoms with Crippen LogP contribution in [0.15, 0.2) is 24.3 Å². The Morgan fingerprint density at radius 2 is 1.67 bits per heavy atom. The van der Waals surface area contributed by atoms with Gasteiger partial charge in [-0.25, -0.2) is 0 Å². The molecule has 0 heterocycles. The molecule has 3 N–H and O–H groups in total. The van der Waals surface area contributed by atoms with Crippen LogP contribution in [0, 0.1) is 11.8 Å². The number of aliphatic hydroxyl groups is 3. The molecular weight excluding hydrogens is 437 g/mol. The molecule has 5 unspecified atom stereocenters. The highest BCUT2D eigenvalue weighted by molar-refractivity contribution is 5.68. The van der Waals surface area contributed by atoms with Crippen molar-refractivity contribution in [3.63, 3.8) is 0 Å². The predicted molar refractivity (Wildman–Crippen MR) is 118 cm³/mol. The van der Waals surface area contributed by atoms with Crippen molar-refractivity contribution in [2.24, 2.45) is 11.8 Å². The quantitative estimate of drug-likeness (QED) is 0.286. The molecule has 0 amide bonds. The first-order valence-electron chi connectivity index (χ1n) is 11.9. The minimum Gasteiger partial charge on any atom is -0.469 e. The summed E-state index contributed by atoms with van der Waals surface area (Å²) in [5, 5.41) is 31.1. The first-order chi connectivity index (χ1) is 15.6. The third kappa shape index (κ3) is 8.91. The molecule has 1 aliphatic rings. The number of carbonyl (C=O) groups is 1. The summed E-state index contributed by atoms with van der Waals surface area (Å²) in [6, 6.07) is 5.41. The summed E-state index contributed by atoms with van der Waals surface area (Å²) in [5.41, 5.74) is -0.497. The van der Waals surface area contributed by atoms with Crippen molar-refractivity contribution in [1.29, 1.82) is 0 Å². The average molecular weight is 475 g/mol. The van der Waals surface area contributed by atoms with Gasteiger partial charge in [-0.2, -0.15) is 13.2 Å². The van der Waals surface area contributed by atoms with Gasteiger partial charge in [0.05, 0.1) is 31.0 Å². The maximum absolute atomic E-state index is 13.1. The van der Waals surface area contributed by atoms with E-state index in [9.17, 15) is 33.3 Å². The summed E-state index contributed by atoms with van der Waals surface area (Å²) in [6.07, 6.45) is -0.257. The molecule has 33 heavy (non-hydrogen) atoms. The number of benzene rings is 1. The molecule has 0 aromatic heterocycles. The second-order valence-corrected chi connectivity index (χ2v) is 9.15. The Morgan fingerprint density at radius 3 is 2.33 bits per heavy atom. The lowest BCUT2D eigenvalue weighted by molar-refractivity contribution is -0.141. The fourth-order valence-electron chi connectivity index (χ4n) is 4.95. The number of hydrogen-bond acceptors (Lipinski definition) is 5. The van der Waals surface area contributed by atoms with E-state index in [1.54, 1.807) is 6.07 Å². The molecule has 5 nitrogen and oxygen atoms in total. The summed E-state index contributed by atoms with van der Waals surface area (Å²) >= 11 is 0. The van der Waals surface area contributed by atoms with E-state index < -0.39 is 30.1 Å². The van der Waals surface area contributed by atoms with Gasteiger partial charge in [-0.1, -0.05) is 37.5 Å². The number of esters is 1. The van der Waals surface area contributed by atoms with Crippen LogP contribution in [0.3, 0.4) is 0 Å². The minimum absolute atomic E-state index is 0.0567. The van der Waals surface area contributed by atoms with Crippen molar-refractivity contribution < 1.29 is 38.0 Å². The fourth-order valence-corrected chi connectivity index (χ4v) is 4.95. The second-order valence-electron chi connectivity index (χ2n) is 9.15. The van der Waals surface area contributed by atoms with Gasteiger partial charge in [-0.05, 0) is 68.4 Å². The Bertz CT molecular complexity index is 724. The topological polar surface area (TPSA) is 87.0 Å². The molecule has 2 rings (SSSR count). The highest BCUT2D eigenvalue weighted by Crippen LogP contribution is 2.39. The maximum atomic E-state index is 13.1. The zero-order chi connectivity index (χ0) is 24.4. The molecule has 0 bridgehead atoms. The molecule has 0 aliphatic heterocycles. The van der Waals surface area contributed by atoms with Crippen LogP contribution < -0.4 is 0 Å². The van der Waals surface area contributed by atoms with E-state index in [0.717, 1.165) is 38.2 Å². The van der Waals surface area contributed by atoms with Crippen molar-refractivity contribution in [3.05, 3.63) is 35.4 Å². The van der Waals surface area contributed by atoms with Crippen molar-refractivity contribution in [2.75, 3.05) is 7.11 Å². The van der Waals surface area contributed by atoms with Crippen LogP contribution in [0.1, 0.15) is 75.3 Å². The van der Waals surface area contributed by atoms with Gasteiger partial charge in [0, 0.05) is 6.42 Å². The lowest BCUT2D eigenvalue weighted by Crippen LogP contribution is -2.24. The first-order valence-corrected chi connectivity index (χ1v) is 11.9. The Labute approximate surface area is 194 Å². The molecule has 0 spiro atoms. The summed E-state index contributed by atoms with van der Waals surface area (Å²) in [7, 11) is 1.37. The first kappa shape index (κ1) is 27.6. The third-order valence-electron chi connectivity index (χ3n) is 6.82. The molecule has 1 aromatic carbocycles. The Balaban J connectivity index is 1.77. The molecule has 5 atom stereocenters. The lowest BCUT2D eigenvalue weighted by Gasteiger charge is -2.25. The van der Waals surface area contributed by atoms with E-state index >= 15 is 0 Å². The number of halogens is 3. The number of methoxy groups -OCH3 is 1. The maximum Gasteiger partial charge on any atom is 0.416 e. The minimum atomic E-state index is -4.42. The average Bonchev–Trinajstić information content (AvgIpc) is 3.04. The van der Waals surface area contributed by atoms with Crippen LogP contribution in [0.5, 0.6) is 0 Å². The summed E-state index contributed by atoms with van der Waals surface area (Å²) in [6.45, 7) is 0. The molecule has 0 saturated heterocycles. The van der Waals surface area contributed by atoms with Crippen LogP contribution >= 0.6 is 0 Å². The highest BCUT2D eigenvalue weighted by atomic mass is 19.4. The van der Waals surface area contributed by atoms with Crippen LogP contribution in [0.4, 0.5) is 13.2 Å². The summed E-state index contributed by atoms with van der Waals surface area (Å²) in [5.74, 6) is -0.407. The van der Waals surface area contributed by atoms with E-state index in [1.165, 1.54) is 19.2 Å². The highest BCUT2D eigenvalue weighted by Gasteiger charge is 2.41.